The van der Waals surface area contributed by atoms with Crippen molar-refractivity contribution in [1.29, 1.82) is 0 Å². The first-order chi connectivity index (χ1) is 11.9. The maximum absolute atomic E-state index is 12.6. The molecule has 3 rings (SSSR count). The lowest BCUT2D eigenvalue weighted by Gasteiger charge is -2.39. The van der Waals surface area contributed by atoms with Crippen LogP contribution in [0.15, 0.2) is 6.20 Å². The van der Waals surface area contributed by atoms with Crippen LogP contribution in [-0.4, -0.2) is 70.1 Å². The zero-order valence-electron chi connectivity index (χ0n) is 15.7. The van der Waals surface area contributed by atoms with E-state index < -0.39 is 5.54 Å². The van der Waals surface area contributed by atoms with Crippen LogP contribution >= 0.6 is 0 Å². The Morgan fingerprint density at radius 1 is 1.32 bits per heavy atom. The molecule has 1 spiro atoms. The zero-order chi connectivity index (χ0) is 18.2. The first-order valence-electron chi connectivity index (χ1n) is 9.17. The van der Waals surface area contributed by atoms with E-state index in [0.717, 1.165) is 32.4 Å². The van der Waals surface area contributed by atoms with Crippen LogP contribution in [-0.2, 0) is 11.3 Å². The molecular formula is C18H29N5O2. The average Bonchev–Trinajstić information content (AvgIpc) is 3.12. The number of rotatable bonds is 5. The molecule has 0 unspecified atom stereocenters. The number of likely N-dealkylation sites (N-methyl/N-ethyl adjacent to an activating group) is 2. The third kappa shape index (κ3) is 2.94. The Morgan fingerprint density at radius 2 is 2.00 bits per heavy atom. The maximum atomic E-state index is 12.6. The number of aromatic amines is 1. The molecule has 1 aliphatic carbocycles. The van der Waals surface area contributed by atoms with E-state index in [1.807, 2.05) is 6.20 Å². The van der Waals surface area contributed by atoms with E-state index in [0.29, 0.717) is 18.8 Å². The molecule has 2 fully saturated rings. The summed E-state index contributed by atoms with van der Waals surface area (Å²) in [5.74, 6) is 0.325. The standard InChI is InChI=1S/C18H29N5O2/c1-5-10-21(2)12-14-11-19-20-15(14)13-6-8-18(9-7-13)16(24)22(3)17(25)23(18)4/h11,13H,5-10,12H2,1-4H3,(H,19,20). The van der Waals surface area contributed by atoms with Gasteiger partial charge in [0.15, 0.2) is 0 Å². The summed E-state index contributed by atoms with van der Waals surface area (Å²) in [6.07, 6.45) is 6.27. The topological polar surface area (TPSA) is 72.5 Å². The quantitative estimate of drug-likeness (QED) is 0.829. The maximum Gasteiger partial charge on any atom is 0.327 e. The van der Waals surface area contributed by atoms with E-state index >= 15 is 0 Å². The molecule has 1 saturated heterocycles. The lowest BCUT2D eigenvalue weighted by Crippen LogP contribution is -2.50. The number of urea groups is 1. The molecular weight excluding hydrogens is 318 g/mol. The van der Waals surface area contributed by atoms with Crippen molar-refractivity contribution < 1.29 is 9.59 Å². The van der Waals surface area contributed by atoms with E-state index in [1.165, 1.54) is 16.2 Å². The van der Waals surface area contributed by atoms with Crippen LogP contribution in [0.2, 0.25) is 0 Å². The summed E-state index contributed by atoms with van der Waals surface area (Å²) < 4.78 is 0. The van der Waals surface area contributed by atoms with Crippen LogP contribution in [0, 0.1) is 0 Å². The molecule has 0 radical (unpaired) electrons. The number of imide groups is 1. The van der Waals surface area contributed by atoms with Gasteiger partial charge in [0.1, 0.15) is 5.54 Å². The molecule has 1 aromatic heterocycles. The Hall–Kier alpha value is -1.89. The number of hydrogen-bond donors (Lipinski definition) is 1. The van der Waals surface area contributed by atoms with Gasteiger partial charge in [-0.1, -0.05) is 6.92 Å². The van der Waals surface area contributed by atoms with Crippen molar-refractivity contribution in [3.05, 3.63) is 17.5 Å². The molecule has 0 atom stereocenters. The smallest absolute Gasteiger partial charge is 0.313 e. The number of hydrogen-bond acceptors (Lipinski definition) is 4. The molecule has 0 aromatic carbocycles. The number of amides is 3. The lowest BCUT2D eigenvalue weighted by molar-refractivity contribution is -0.133. The Kier molecular flexibility index (Phi) is 4.86. The Bertz CT molecular complexity index is 648. The summed E-state index contributed by atoms with van der Waals surface area (Å²) in [7, 11) is 5.47. The Balaban J connectivity index is 1.71. The second-order valence-corrected chi connectivity index (χ2v) is 7.56. The third-order valence-electron chi connectivity index (χ3n) is 5.94. The van der Waals surface area contributed by atoms with E-state index in [1.54, 1.807) is 19.0 Å². The molecule has 1 N–H and O–H groups in total. The predicted molar refractivity (Wildman–Crippen MR) is 95.1 cm³/mol. The van der Waals surface area contributed by atoms with Gasteiger partial charge in [-0.15, -0.1) is 0 Å². The molecule has 1 aliphatic heterocycles. The Morgan fingerprint density at radius 3 is 2.56 bits per heavy atom. The molecule has 1 saturated carbocycles. The molecule has 0 bridgehead atoms. The molecule has 2 heterocycles. The van der Waals surface area contributed by atoms with Gasteiger partial charge in [-0.3, -0.25) is 14.8 Å². The fraction of sp³-hybridized carbons (Fsp3) is 0.722. The molecule has 3 amide bonds. The van der Waals surface area contributed by atoms with Crippen molar-refractivity contribution in [2.45, 2.75) is 57.0 Å². The van der Waals surface area contributed by atoms with Gasteiger partial charge in [-0.05, 0) is 45.7 Å². The normalized spacial score (nSPS) is 27.2. The second-order valence-electron chi connectivity index (χ2n) is 7.56. The summed E-state index contributed by atoms with van der Waals surface area (Å²) in [4.78, 5) is 30.0. The molecule has 7 heteroatoms. The molecule has 7 nitrogen and oxygen atoms in total. The molecule has 25 heavy (non-hydrogen) atoms. The first kappa shape index (κ1) is 17.9. The Labute approximate surface area is 149 Å². The second kappa shape index (κ2) is 6.78. The van der Waals surface area contributed by atoms with Gasteiger partial charge in [0.25, 0.3) is 5.91 Å². The van der Waals surface area contributed by atoms with Crippen LogP contribution in [0.1, 0.15) is 56.2 Å². The molecule has 138 valence electrons. The highest BCUT2D eigenvalue weighted by Crippen LogP contribution is 2.44. The first-order valence-corrected chi connectivity index (χ1v) is 9.17. The number of nitrogens with one attached hydrogen (secondary N) is 1. The van der Waals surface area contributed by atoms with Gasteiger partial charge in [0.05, 0.1) is 6.20 Å². The van der Waals surface area contributed by atoms with Crippen LogP contribution < -0.4 is 0 Å². The third-order valence-corrected chi connectivity index (χ3v) is 5.94. The van der Waals surface area contributed by atoms with Crippen molar-refractivity contribution >= 4 is 11.9 Å². The van der Waals surface area contributed by atoms with Crippen molar-refractivity contribution in [3.8, 4) is 0 Å². The molecule has 1 aromatic rings. The lowest BCUT2D eigenvalue weighted by atomic mass is 9.74. The fourth-order valence-electron chi connectivity index (χ4n) is 4.44. The minimum Gasteiger partial charge on any atom is -0.313 e. The highest BCUT2D eigenvalue weighted by atomic mass is 16.2. The van der Waals surface area contributed by atoms with Crippen molar-refractivity contribution in [1.82, 2.24) is 24.9 Å². The van der Waals surface area contributed by atoms with Crippen LogP contribution in [0.5, 0.6) is 0 Å². The average molecular weight is 347 g/mol. The van der Waals surface area contributed by atoms with Crippen molar-refractivity contribution in [2.75, 3.05) is 27.7 Å². The van der Waals surface area contributed by atoms with Gasteiger partial charge in [0.2, 0.25) is 0 Å². The van der Waals surface area contributed by atoms with Gasteiger partial charge >= 0.3 is 6.03 Å². The summed E-state index contributed by atoms with van der Waals surface area (Å²) in [6, 6.07) is -0.188. The van der Waals surface area contributed by atoms with Gasteiger partial charge in [-0.2, -0.15) is 5.10 Å². The monoisotopic (exact) mass is 347 g/mol. The predicted octanol–water partition coefficient (Wildman–Crippen LogP) is 2.17. The van der Waals surface area contributed by atoms with Crippen LogP contribution in [0.25, 0.3) is 0 Å². The summed E-state index contributed by atoms with van der Waals surface area (Å²) in [5, 5.41) is 7.45. The highest BCUT2D eigenvalue weighted by Gasteiger charge is 2.55. The highest BCUT2D eigenvalue weighted by molar-refractivity contribution is 6.06. The summed E-state index contributed by atoms with van der Waals surface area (Å²) in [6.45, 7) is 4.13. The van der Waals surface area contributed by atoms with Crippen LogP contribution in [0.3, 0.4) is 0 Å². The number of carbonyl (C=O) groups excluding carboxylic acids is 2. The zero-order valence-corrected chi connectivity index (χ0v) is 15.7. The van der Waals surface area contributed by atoms with Crippen molar-refractivity contribution in [3.63, 3.8) is 0 Å². The van der Waals surface area contributed by atoms with E-state index in [-0.39, 0.29) is 11.9 Å². The number of aromatic nitrogens is 2. The van der Waals surface area contributed by atoms with Gasteiger partial charge < -0.3 is 9.80 Å². The van der Waals surface area contributed by atoms with E-state index in [9.17, 15) is 9.59 Å². The largest absolute Gasteiger partial charge is 0.327 e. The van der Waals surface area contributed by atoms with Gasteiger partial charge in [-0.25, -0.2) is 4.79 Å². The summed E-state index contributed by atoms with van der Waals surface area (Å²) in [5.41, 5.74) is 1.81. The minimum absolute atomic E-state index is 0.0500. The minimum atomic E-state index is -0.637. The van der Waals surface area contributed by atoms with E-state index in [2.05, 4.69) is 29.1 Å². The van der Waals surface area contributed by atoms with E-state index in [4.69, 9.17) is 0 Å². The van der Waals surface area contributed by atoms with Crippen molar-refractivity contribution in [2.24, 2.45) is 0 Å². The van der Waals surface area contributed by atoms with Crippen LogP contribution in [0.4, 0.5) is 4.79 Å². The van der Waals surface area contributed by atoms with Gasteiger partial charge in [0, 0.05) is 37.8 Å². The SMILES string of the molecule is CCCN(C)Cc1cn[nH]c1C1CCC2(CC1)C(=O)N(C)C(=O)N2C. The number of carbonyl (C=O) groups is 2. The fourth-order valence-corrected chi connectivity index (χ4v) is 4.44. The molecule has 2 aliphatic rings. The number of nitrogens with zero attached hydrogens (tertiary/aromatic N) is 4. The summed E-state index contributed by atoms with van der Waals surface area (Å²) >= 11 is 0. The number of H-pyrrole nitrogens is 1.